The van der Waals surface area contributed by atoms with Gasteiger partial charge in [-0.3, -0.25) is 4.79 Å². The van der Waals surface area contributed by atoms with Crippen molar-refractivity contribution in [2.75, 3.05) is 11.1 Å². The predicted molar refractivity (Wildman–Crippen MR) is 127 cm³/mol. The lowest BCUT2D eigenvalue weighted by Gasteiger charge is -2.18. The molecule has 0 aliphatic carbocycles. The van der Waals surface area contributed by atoms with E-state index in [1.165, 1.54) is 23.4 Å². The molecule has 0 unspecified atom stereocenters. The highest BCUT2D eigenvalue weighted by Crippen LogP contribution is 2.30. The number of benzene rings is 2. The smallest absolute Gasteiger partial charge is 0.249 e. The normalized spacial score (nSPS) is 11.5. The Bertz CT molecular complexity index is 1120. The zero-order chi connectivity index (χ0) is 22.4. The van der Waals surface area contributed by atoms with Gasteiger partial charge in [-0.05, 0) is 40.5 Å². The van der Waals surface area contributed by atoms with Crippen LogP contribution in [-0.2, 0) is 10.2 Å². The quantitative estimate of drug-likeness (QED) is 0.396. The SMILES string of the molecule is CCSc1c(C#N)c(NC(=O)/C=C/c2ccc(C(C)(C)C)cc2)nn1-c1ccccc1. The molecule has 158 valence electrons. The topological polar surface area (TPSA) is 70.7 Å². The highest BCUT2D eigenvalue weighted by atomic mass is 32.2. The Kier molecular flexibility index (Phi) is 6.98. The molecule has 6 heteroatoms. The molecule has 31 heavy (non-hydrogen) atoms. The molecule has 1 N–H and O–H groups in total. The highest BCUT2D eigenvalue weighted by molar-refractivity contribution is 7.99. The molecule has 0 saturated carbocycles. The van der Waals surface area contributed by atoms with Gasteiger partial charge in [0.15, 0.2) is 5.82 Å². The second kappa shape index (κ2) is 9.67. The van der Waals surface area contributed by atoms with Crippen molar-refractivity contribution in [2.45, 2.75) is 38.1 Å². The molecule has 1 heterocycles. The Morgan fingerprint density at radius 3 is 2.42 bits per heavy atom. The van der Waals surface area contributed by atoms with Crippen molar-refractivity contribution in [1.82, 2.24) is 9.78 Å². The van der Waals surface area contributed by atoms with E-state index in [-0.39, 0.29) is 17.1 Å². The van der Waals surface area contributed by atoms with Crippen LogP contribution in [0.25, 0.3) is 11.8 Å². The predicted octanol–water partition coefficient (Wildman–Crippen LogP) is 5.81. The van der Waals surface area contributed by atoms with Crippen molar-refractivity contribution in [1.29, 1.82) is 5.26 Å². The number of aromatic nitrogens is 2. The van der Waals surface area contributed by atoms with Crippen LogP contribution in [-0.4, -0.2) is 21.4 Å². The summed E-state index contributed by atoms with van der Waals surface area (Å²) in [5.74, 6) is 0.715. The van der Waals surface area contributed by atoms with E-state index in [9.17, 15) is 10.1 Å². The van der Waals surface area contributed by atoms with Crippen LogP contribution in [0, 0.1) is 11.3 Å². The van der Waals surface area contributed by atoms with Crippen molar-refractivity contribution in [3.63, 3.8) is 0 Å². The van der Waals surface area contributed by atoms with Crippen LogP contribution in [0.4, 0.5) is 5.82 Å². The van der Waals surface area contributed by atoms with E-state index in [1.807, 2.05) is 49.4 Å². The number of thioether (sulfide) groups is 1. The fourth-order valence-corrected chi connectivity index (χ4v) is 3.86. The van der Waals surface area contributed by atoms with Crippen LogP contribution in [0.15, 0.2) is 65.7 Å². The summed E-state index contributed by atoms with van der Waals surface area (Å²) >= 11 is 1.52. The first-order chi connectivity index (χ1) is 14.8. The van der Waals surface area contributed by atoms with Crippen LogP contribution >= 0.6 is 11.8 Å². The molecule has 0 spiro atoms. The van der Waals surface area contributed by atoms with Gasteiger partial charge in [-0.2, -0.15) is 5.26 Å². The lowest BCUT2D eigenvalue weighted by atomic mass is 9.87. The molecule has 0 bridgehead atoms. The van der Waals surface area contributed by atoms with Gasteiger partial charge >= 0.3 is 0 Å². The summed E-state index contributed by atoms with van der Waals surface area (Å²) in [6.07, 6.45) is 3.21. The van der Waals surface area contributed by atoms with Crippen molar-refractivity contribution in [3.8, 4) is 11.8 Å². The number of nitriles is 1. The largest absolute Gasteiger partial charge is 0.304 e. The van der Waals surface area contributed by atoms with Gasteiger partial charge in [0.05, 0.1) is 5.69 Å². The third kappa shape index (κ3) is 5.44. The van der Waals surface area contributed by atoms with Crippen molar-refractivity contribution >= 4 is 29.6 Å². The molecule has 3 rings (SSSR count). The molecule has 1 aromatic heterocycles. The Balaban J connectivity index is 1.82. The maximum absolute atomic E-state index is 12.5. The third-order valence-corrected chi connectivity index (χ3v) is 5.62. The van der Waals surface area contributed by atoms with Gasteiger partial charge < -0.3 is 5.32 Å². The van der Waals surface area contributed by atoms with Gasteiger partial charge in [0.2, 0.25) is 5.91 Å². The zero-order valence-electron chi connectivity index (χ0n) is 18.2. The molecule has 3 aromatic rings. The number of nitrogens with one attached hydrogen (secondary N) is 1. The first-order valence-corrected chi connectivity index (χ1v) is 11.1. The number of anilines is 1. The molecule has 0 aliphatic heterocycles. The summed E-state index contributed by atoms with van der Waals surface area (Å²) in [7, 11) is 0. The number of rotatable bonds is 6. The van der Waals surface area contributed by atoms with Crippen LogP contribution in [0.1, 0.15) is 44.4 Å². The zero-order valence-corrected chi connectivity index (χ0v) is 19.0. The van der Waals surface area contributed by atoms with Crippen LogP contribution < -0.4 is 5.32 Å². The average molecular weight is 431 g/mol. The summed E-state index contributed by atoms with van der Waals surface area (Å²) in [6, 6.07) is 19.9. The molecular weight excluding hydrogens is 404 g/mol. The summed E-state index contributed by atoms with van der Waals surface area (Å²) in [6.45, 7) is 8.51. The number of carbonyl (C=O) groups excluding carboxylic acids is 1. The molecule has 1 amide bonds. The van der Waals surface area contributed by atoms with E-state index in [4.69, 9.17) is 0 Å². The Labute approximate surface area is 187 Å². The number of hydrogen-bond donors (Lipinski definition) is 1. The Hall–Kier alpha value is -3.30. The Morgan fingerprint density at radius 1 is 1.16 bits per heavy atom. The fourth-order valence-electron chi connectivity index (χ4n) is 3.03. The van der Waals surface area contributed by atoms with Crippen molar-refractivity contribution in [2.24, 2.45) is 0 Å². The molecule has 0 saturated heterocycles. The monoisotopic (exact) mass is 430 g/mol. The molecule has 5 nitrogen and oxygen atoms in total. The van der Waals surface area contributed by atoms with E-state index in [1.54, 1.807) is 10.8 Å². The third-order valence-electron chi connectivity index (χ3n) is 4.68. The minimum atomic E-state index is -0.331. The number of nitrogens with zero attached hydrogens (tertiary/aromatic N) is 3. The van der Waals surface area contributed by atoms with E-state index < -0.39 is 0 Å². The standard InChI is InChI=1S/C25H26N4OS/c1-5-31-24-21(17-26)23(28-29(24)20-9-7-6-8-10-20)27-22(30)16-13-18-11-14-19(15-12-18)25(2,3)4/h6-16H,5H2,1-4H3,(H,27,28,30)/b16-13+. The van der Waals surface area contributed by atoms with E-state index in [0.717, 1.165) is 17.0 Å². The Morgan fingerprint density at radius 2 is 1.84 bits per heavy atom. The summed E-state index contributed by atoms with van der Waals surface area (Å²) in [5.41, 5.74) is 3.46. The van der Waals surface area contributed by atoms with E-state index in [2.05, 4.69) is 49.4 Å². The lowest BCUT2D eigenvalue weighted by Crippen LogP contribution is -2.10. The molecule has 2 aromatic carbocycles. The summed E-state index contributed by atoms with van der Waals surface area (Å²) in [4.78, 5) is 12.5. The van der Waals surface area contributed by atoms with Gasteiger partial charge in [-0.1, -0.05) is 70.2 Å². The van der Waals surface area contributed by atoms with Crippen LogP contribution in [0.2, 0.25) is 0 Å². The van der Waals surface area contributed by atoms with Crippen LogP contribution in [0.3, 0.4) is 0 Å². The molecule has 0 aliphatic rings. The number of amides is 1. The van der Waals surface area contributed by atoms with Gasteiger partial charge in [0, 0.05) is 6.08 Å². The minimum Gasteiger partial charge on any atom is -0.304 e. The molecule has 0 fully saturated rings. The van der Waals surface area contributed by atoms with E-state index >= 15 is 0 Å². The fraction of sp³-hybridized carbons (Fsp3) is 0.240. The summed E-state index contributed by atoms with van der Waals surface area (Å²) in [5, 5.41) is 17.7. The van der Waals surface area contributed by atoms with Crippen molar-refractivity contribution in [3.05, 3.63) is 77.4 Å². The van der Waals surface area contributed by atoms with Crippen molar-refractivity contribution < 1.29 is 4.79 Å². The number of hydrogen-bond acceptors (Lipinski definition) is 4. The van der Waals surface area contributed by atoms with Gasteiger partial charge in [0.1, 0.15) is 16.7 Å². The maximum Gasteiger partial charge on any atom is 0.249 e. The highest BCUT2D eigenvalue weighted by Gasteiger charge is 2.20. The van der Waals surface area contributed by atoms with Gasteiger partial charge in [-0.15, -0.1) is 16.9 Å². The molecule has 0 atom stereocenters. The first kappa shape index (κ1) is 22.4. The second-order valence-corrected chi connectivity index (χ2v) is 9.27. The maximum atomic E-state index is 12.5. The lowest BCUT2D eigenvalue weighted by molar-refractivity contribution is -0.111. The van der Waals surface area contributed by atoms with Gasteiger partial charge in [-0.25, -0.2) is 4.68 Å². The second-order valence-electron chi connectivity index (χ2n) is 8.02. The number of para-hydroxylation sites is 1. The number of carbonyl (C=O) groups is 1. The molecule has 0 radical (unpaired) electrons. The summed E-state index contributed by atoms with van der Waals surface area (Å²) < 4.78 is 1.71. The minimum absolute atomic E-state index is 0.0824. The van der Waals surface area contributed by atoms with Crippen LogP contribution in [0.5, 0.6) is 0 Å². The average Bonchev–Trinajstić information content (AvgIpc) is 3.09. The molecular formula is C25H26N4OS. The first-order valence-electron chi connectivity index (χ1n) is 10.1. The van der Waals surface area contributed by atoms with E-state index in [0.29, 0.717) is 10.6 Å². The van der Waals surface area contributed by atoms with Gasteiger partial charge in [0.25, 0.3) is 0 Å².